The molecular weight excluding hydrogens is 308 g/mol. The number of aliphatic hydroxyl groups is 1. The van der Waals surface area contributed by atoms with Gasteiger partial charge in [0.05, 0.1) is 5.60 Å². The number of allylic oxidation sites excluding steroid dienone is 1. The van der Waals surface area contributed by atoms with Gasteiger partial charge in [-0.05, 0) is 93.3 Å². The van der Waals surface area contributed by atoms with Gasteiger partial charge in [-0.1, -0.05) is 26.0 Å². The van der Waals surface area contributed by atoms with Gasteiger partial charge in [-0.25, -0.2) is 0 Å². The molecule has 0 saturated heterocycles. The van der Waals surface area contributed by atoms with Crippen LogP contribution in [0.2, 0.25) is 0 Å². The summed E-state index contributed by atoms with van der Waals surface area (Å²) in [5.41, 5.74) is 1.02. The van der Waals surface area contributed by atoms with Crippen molar-refractivity contribution in [2.75, 3.05) is 0 Å². The second-order valence-corrected chi connectivity index (χ2v) is 10.9. The lowest BCUT2D eigenvalue weighted by atomic mass is 9.43. The first-order chi connectivity index (χ1) is 11.6. The lowest BCUT2D eigenvalue weighted by Gasteiger charge is -2.61. The fourth-order valence-corrected chi connectivity index (χ4v) is 8.06. The largest absolute Gasteiger partial charge is 0.390 e. The van der Waals surface area contributed by atoms with Crippen LogP contribution in [0.25, 0.3) is 0 Å². The highest BCUT2D eigenvalue weighted by molar-refractivity contribution is 5.84. The van der Waals surface area contributed by atoms with Crippen LogP contribution in [0.3, 0.4) is 0 Å². The number of carbonyl (C=O) groups excluding carboxylic acids is 1. The molecule has 4 rings (SSSR count). The van der Waals surface area contributed by atoms with E-state index < -0.39 is 5.60 Å². The van der Waals surface area contributed by atoms with Crippen molar-refractivity contribution >= 4 is 5.78 Å². The zero-order valence-corrected chi connectivity index (χ0v) is 16.6. The highest BCUT2D eigenvalue weighted by atomic mass is 16.3. The molecule has 0 aromatic carbocycles. The molecule has 4 aliphatic carbocycles. The first-order valence-corrected chi connectivity index (χ1v) is 10.5. The third-order valence-corrected chi connectivity index (χ3v) is 9.23. The summed E-state index contributed by atoms with van der Waals surface area (Å²) >= 11 is 0. The Bertz CT molecular complexity index is 605. The van der Waals surface area contributed by atoms with Gasteiger partial charge < -0.3 is 5.11 Å². The molecule has 2 nitrogen and oxygen atoms in total. The third-order valence-electron chi connectivity index (χ3n) is 9.23. The Labute approximate surface area is 153 Å². The zero-order valence-electron chi connectivity index (χ0n) is 16.6. The summed E-state index contributed by atoms with van der Waals surface area (Å²) in [4.78, 5) is 13.5. The van der Waals surface area contributed by atoms with E-state index in [1.807, 2.05) is 6.92 Å². The van der Waals surface area contributed by atoms with Gasteiger partial charge in [0.25, 0.3) is 0 Å². The second-order valence-electron chi connectivity index (χ2n) is 10.9. The van der Waals surface area contributed by atoms with Crippen molar-refractivity contribution in [2.45, 2.75) is 84.7 Å². The van der Waals surface area contributed by atoms with E-state index in [1.54, 1.807) is 0 Å². The van der Waals surface area contributed by atoms with Crippen molar-refractivity contribution < 1.29 is 9.90 Å². The average molecular weight is 345 g/mol. The molecule has 1 N–H and O–H groups in total. The zero-order chi connectivity index (χ0) is 18.2. The molecule has 0 aromatic heterocycles. The van der Waals surface area contributed by atoms with Crippen LogP contribution in [0.1, 0.15) is 79.1 Å². The number of hydrogen-bond donors (Lipinski definition) is 1. The van der Waals surface area contributed by atoms with Gasteiger partial charge >= 0.3 is 0 Å². The molecule has 4 aliphatic rings. The van der Waals surface area contributed by atoms with E-state index in [0.29, 0.717) is 29.5 Å². The molecule has 2 heteroatoms. The lowest BCUT2D eigenvalue weighted by Crippen LogP contribution is -2.58. The Morgan fingerprint density at radius 3 is 2.48 bits per heavy atom. The third kappa shape index (κ3) is 2.42. The van der Waals surface area contributed by atoms with Crippen molar-refractivity contribution in [3.05, 3.63) is 12.2 Å². The number of hydrogen-bond acceptors (Lipinski definition) is 2. The van der Waals surface area contributed by atoms with Crippen molar-refractivity contribution in [1.29, 1.82) is 0 Å². The fraction of sp³-hybridized carbons (Fsp3) is 0.870. The maximum absolute atomic E-state index is 13.5. The maximum Gasteiger partial charge on any atom is 0.137 e. The number of carbonyl (C=O) groups is 1. The normalized spacial score (nSPS) is 55.2. The molecule has 0 bridgehead atoms. The molecule has 0 radical (unpaired) electrons. The Morgan fingerprint density at radius 1 is 1.08 bits per heavy atom. The molecule has 0 amide bonds. The van der Waals surface area contributed by atoms with E-state index in [9.17, 15) is 9.90 Å². The number of fused-ring (bicyclic) bond motifs is 5. The van der Waals surface area contributed by atoms with E-state index in [4.69, 9.17) is 0 Å². The average Bonchev–Trinajstić information content (AvgIpc) is 2.84. The van der Waals surface area contributed by atoms with E-state index in [1.165, 1.54) is 31.3 Å². The van der Waals surface area contributed by atoms with Crippen molar-refractivity contribution in [1.82, 2.24) is 0 Å². The van der Waals surface area contributed by atoms with Crippen molar-refractivity contribution in [3.63, 3.8) is 0 Å². The van der Waals surface area contributed by atoms with Crippen LogP contribution >= 0.6 is 0 Å². The van der Waals surface area contributed by atoms with E-state index in [-0.39, 0.29) is 16.7 Å². The Balaban J connectivity index is 1.68. The number of ketones is 1. The van der Waals surface area contributed by atoms with Crippen LogP contribution in [0.4, 0.5) is 0 Å². The molecule has 0 heterocycles. The summed E-state index contributed by atoms with van der Waals surface area (Å²) in [5.74, 6) is 3.08. The Morgan fingerprint density at radius 2 is 1.80 bits per heavy atom. The molecule has 140 valence electrons. The summed E-state index contributed by atoms with van der Waals surface area (Å²) < 4.78 is 0. The molecule has 0 aromatic rings. The number of Topliss-reactive ketones (excluding diaryl/α,β-unsaturated/α-hetero) is 1. The van der Waals surface area contributed by atoms with Crippen LogP contribution in [0.5, 0.6) is 0 Å². The summed E-state index contributed by atoms with van der Waals surface area (Å²) in [7, 11) is 0. The van der Waals surface area contributed by atoms with Gasteiger partial charge in [-0.15, -0.1) is 0 Å². The van der Waals surface area contributed by atoms with Crippen LogP contribution in [-0.4, -0.2) is 16.5 Å². The first kappa shape index (κ1) is 17.8. The molecule has 25 heavy (non-hydrogen) atoms. The van der Waals surface area contributed by atoms with E-state index in [2.05, 4.69) is 27.4 Å². The standard InChI is InChI=1S/C23H36O2/c1-14(2)17-8-9-18-16-7-6-15-12-21(3,25)10-11-22(15,4)20(16)19(24)13-23(17,18)5/h15-18,20,25H,1,6-13H2,2-5H3/t15-,16+,17-,18+,20-,21+,22+,23-/m1/s1. The predicted octanol–water partition coefficient (Wildman–Crippen LogP) is 5.15. The summed E-state index contributed by atoms with van der Waals surface area (Å²) in [6.45, 7) is 13.2. The van der Waals surface area contributed by atoms with E-state index in [0.717, 1.165) is 25.7 Å². The summed E-state index contributed by atoms with van der Waals surface area (Å²) in [5, 5.41) is 10.6. The summed E-state index contributed by atoms with van der Waals surface area (Å²) in [6.07, 6.45) is 8.41. The molecule has 0 aliphatic heterocycles. The van der Waals surface area contributed by atoms with Gasteiger partial charge in [0.1, 0.15) is 5.78 Å². The molecule has 4 saturated carbocycles. The quantitative estimate of drug-likeness (QED) is 0.668. The molecular formula is C23H36O2. The monoisotopic (exact) mass is 344 g/mol. The SMILES string of the molecule is C=C(C)[C@H]1CC[C@H]2[C@@H]3CC[C@@H]4C[C@@](C)(O)CC[C@]4(C)[C@H]3C(=O)C[C@]12C. The molecule has 0 spiro atoms. The number of rotatable bonds is 1. The minimum Gasteiger partial charge on any atom is -0.390 e. The smallest absolute Gasteiger partial charge is 0.137 e. The van der Waals surface area contributed by atoms with Gasteiger partial charge in [0.15, 0.2) is 0 Å². The van der Waals surface area contributed by atoms with Gasteiger partial charge in [-0.2, -0.15) is 0 Å². The summed E-state index contributed by atoms with van der Waals surface area (Å²) in [6, 6.07) is 0. The molecule has 4 fully saturated rings. The van der Waals surface area contributed by atoms with Gasteiger partial charge in [0, 0.05) is 12.3 Å². The minimum absolute atomic E-state index is 0.116. The van der Waals surface area contributed by atoms with Crippen LogP contribution in [0.15, 0.2) is 12.2 Å². The maximum atomic E-state index is 13.5. The van der Waals surface area contributed by atoms with Gasteiger partial charge in [-0.3, -0.25) is 4.79 Å². The topological polar surface area (TPSA) is 37.3 Å². The highest BCUT2D eigenvalue weighted by Crippen LogP contribution is 2.67. The van der Waals surface area contributed by atoms with E-state index >= 15 is 0 Å². The van der Waals surface area contributed by atoms with Gasteiger partial charge in [0.2, 0.25) is 0 Å². The fourth-order valence-electron chi connectivity index (χ4n) is 8.06. The molecule has 0 unspecified atom stereocenters. The first-order valence-electron chi connectivity index (χ1n) is 10.5. The van der Waals surface area contributed by atoms with Crippen LogP contribution < -0.4 is 0 Å². The van der Waals surface area contributed by atoms with Crippen LogP contribution in [0, 0.1) is 40.4 Å². The minimum atomic E-state index is -0.526. The van der Waals surface area contributed by atoms with Crippen molar-refractivity contribution in [2.24, 2.45) is 40.4 Å². The predicted molar refractivity (Wildman–Crippen MR) is 101 cm³/mol. The van der Waals surface area contributed by atoms with Crippen molar-refractivity contribution in [3.8, 4) is 0 Å². The Kier molecular flexibility index (Phi) is 3.87. The molecule has 8 atom stereocenters. The highest BCUT2D eigenvalue weighted by Gasteiger charge is 2.63. The Hall–Kier alpha value is -0.630. The van der Waals surface area contributed by atoms with Crippen LogP contribution in [-0.2, 0) is 4.79 Å². The second kappa shape index (κ2) is 5.44. The lowest BCUT2D eigenvalue weighted by molar-refractivity contribution is -0.167.